The molecule has 0 atom stereocenters. The molecule has 162 valence electrons. The zero-order valence-corrected chi connectivity index (χ0v) is 19.1. The molecule has 0 fully saturated rings. The number of nitrogens with one attached hydrogen (secondary N) is 1. The second-order valence-electron chi connectivity index (χ2n) is 8.40. The van der Waals surface area contributed by atoms with Crippen LogP contribution in [0.2, 0.25) is 0 Å². The van der Waals surface area contributed by atoms with Crippen LogP contribution in [-0.2, 0) is 9.59 Å². The third-order valence-electron chi connectivity index (χ3n) is 5.83. The van der Waals surface area contributed by atoms with Gasteiger partial charge in [-0.3, -0.25) is 9.59 Å². The van der Waals surface area contributed by atoms with Crippen molar-refractivity contribution in [3.05, 3.63) is 94.7 Å². The number of rotatable bonds is 5. The van der Waals surface area contributed by atoms with Crippen LogP contribution < -0.4 is 15.1 Å². The summed E-state index contributed by atoms with van der Waals surface area (Å²) < 4.78 is 0. The molecule has 0 saturated carbocycles. The summed E-state index contributed by atoms with van der Waals surface area (Å²) in [6, 6.07) is 21.1. The first kappa shape index (κ1) is 21.4. The number of hydrogen-bond acceptors (Lipinski definition) is 4. The number of anilines is 3. The van der Waals surface area contributed by atoms with Crippen molar-refractivity contribution in [2.45, 2.75) is 20.8 Å². The Morgan fingerprint density at radius 2 is 1.41 bits per heavy atom. The number of carbonyl (C=O) groups is 2. The first-order valence-corrected chi connectivity index (χ1v) is 10.6. The van der Waals surface area contributed by atoms with Gasteiger partial charge in [-0.05, 0) is 73.9 Å². The fourth-order valence-corrected chi connectivity index (χ4v) is 3.72. The maximum Gasteiger partial charge on any atom is 0.282 e. The average Bonchev–Trinajstić information content (AvgIpc) is 3.01. The van der Waals surface area contributed by atoms with Crippen LogP contribution >= 0.6 is 0 Å². The molecule has 1 aliphatic rings. The van der Waals surface area contributed by atoms with Crippen molar-refractivity contribution in [2.24, 2.45) is 0 Å². The van der Waals surface area contributed by atoms with E-state index < -0.39 is 0 Å². The van der Waals surface area contributed by atoms with Gasteiger partial charge in [-0.15, -0.1) is 0 Å². The van der Waals surface area contributed by atoms with E-state index in [1.165, 1.54) is 4.90 Å². The van der Waals surface area contributed by atoms with Crippen LogP contribution in [0.15, 0.2) is 72.4 Å². The van der Waals surface area contributed by atoms with Crippen LogP contribution in [0.4, 0.5) is 17.1 Å². The molecule has 0 radical (unpaired) electrons. The van der Waals surface area contributed by atoms with Crippen LogP contribution in [0.25, 0.3) is 5.57 Å². The largest absolute Gasteiger partial charge is 0.378 e. The lowest BCUT2D eigenvalue weighted by atomic mass is 10.0. The fourth-order valence-electron chi connectivity index (χ4n) is 3.72. The normalized spacial score (nSPS) is 13.7. The molecule has 0 bridgehead atoms. The molecule has 0 aromatic heterocycles. The summed E-state index contributed by atoms with van der Waals surface area (Å²) in [6.07, 6.45) is 0. The van der Waals surface area contributed by atoms with Gasteiger partial charge in [0.25, 0.3) is 11.8 Å². The number of nitrogens with zero attached hydrogens (tertiary/aromatic N) is 2. The first-order chi connectivity index (χ1) is 15.3. The topological polar surface area (TPSA) is 52.7 Å². The average molecular weight is 426 g/mol. The number of carbonyl (C=O) groups excluding carboxylic acids is 2. The molecule has 4 rings (SSSR count). The van der Waals surface area contributed by atoms with Crippen molar-refractivity contribution < 1.29 is 9.59 Å². The molecule has 3 aromatic carbocycles. The molecule has 1 heterocycles. The Bertz CT molecular complexity index is 1220. The van der Waals surface area contributed by atoms with Crippen molar-refractivity contribution >= 4 is 34.4 Å². The second-order valence-corrected chi connectivity index (χ2v) is 8.40. The number of hydrogen-bond donors (Lipinski definition) is 1. The SMILES string of the molecule is Cc1ccc(C2=C(Nc3ccc(N(C)C)cc3)C(=O)N(c3ccc(C)c(C)c3)C2=O)cc1. The van der Waals surface area contributed by atoms with Gasteiger partial charge in [-0.2, -0.15) is 0 Å². The number of imide groups is 1. The number of aryl methyl sites for hydroxylation is 3. The van der Waals surface area contributed by atoms with E-state index in [1.807, 2.05) is 106 Å². The lowest BCUT2D eigenvalue weighted by Crippen LogP contribution is -2.32. The highest BCUT2D eigenvalue weighted by molar-refractivity contribution is 6.46. The van der Waals surface area contributed by atoms with Gasteiger partial charge in [0, 0.05) is 25.5 Å². The predicted octanol–water partition coefficient (Wildman–Crippen LogP) is 5.07. The van der Waals surface area contributed by atoms with Gasteiger partial charge < -0.3 is 10.2 Å². The summed E-state index contributed by atoms with van der Waals surface area (Å²) in [7, 11) is 3.95. The van der Waals surface area contributed by atoms with Crippen molar-refractivity contribution in [1.29, 1.82) is 0 Å². The Labute approximate surface area is 189 Å². The van der Waals surface area contributed by atoms with Gasteiger partial charge >= 0.3 is 0 Å². The standard InChI is InChI=1S/C27H27N3O2/c1-17-6-9-20(10-7-17)24-25(28-21-11-14-22(15-12-21)29(4)5)27(32)30(26(24)31)23-13-8-18(2)19(3)16-23/h6-16,28H,1-5H3. The van der Waals surface area contributed by atoms with Crippen LogP contribution in [0.3, 0.4) is 0 Å². The van der Waals surface area contributed by atoms with Crippen LogP contribution in [-0.4, -0.2) is 25.9 Å². The number of benzene rings is 3. The van der Waals surface area contributed by atoms with Crippen molar-refractivity contribution in [1.82, 2.24) is 0 Å². The Balaban J connectivity index is 1.78. The molecule has 5 heteroatoms. The summed E-state index contributed by atoms with van der Waals surface area (Å²) in [5.41, 5.74) is 6.98. The molecule has 0 saturated heterocycles. The van der Waals surface area contributed by atoms with Gasteiger partial charge in [0.05, 0.1) is 11.3 Å². The Kier molecular flexibility index (Phi) is 5.57. The summed E-state index contributed by atoms with van der Waals surface area (Å²) in [5, 5.41) is 3.23. The van der Waals surface area contributed by atoms with E-state index in [-0.39, 0.29) is 17.5 Å². The molecule has 5 nitrogen and oxygen atoms in total. The maximum atomic E-state index is 13.5. The minimum absolute atomic E-state index is 0.287. The summed E-state index contributed by atoms with van der Waals surface area (Å²) in [6.45, 7) is 5.98. The Hall–Kier alpha value is -3.86. The van der Waals surface area contributed by atoms with Gasteiger partial charge in [0.2, 0.25) is 0 Å². The zero-order valence-electron chi connectivity index (χ0n) is 19.1. The molecule has 1 aliphatic heterocycles. The van der Waals surface area contributed by atoms with Crippen molar-refractivity contribution in [2.75, 3.05) is 29.2 Å². The number of amides is 2. The minimum atomic E-state index is -0.356. The maximum absolute atomic E-state index is 13.5. The predicted molar refractivity (Wildman–Crippen MR) is 131 cm³/mol. The van der Waals surface area contributed by atoms with Gasteiger partial charge in [-0.1, -0.05) is 35.9 Å². The third-order valence-corrected chi connectivity index (χ3v) is 5.83. The monoisotopic (exact) mass is 425 g/mol. The summed E-state index contributed by atoms with van der Waals surface area (Å²) >= 11 is 0. The molecule has 0 unspecified atom stereocenters. The molecule has 0 spiro atoms. The zero-order chi connectivity index (χ0) is 23.0. The molecular formula is C27H27N3O2. The molecule has 2 amide bonds. The lowest BCUT2D eigenvalue weighted by Gasteiger charge is -2.17. The smallest absolute Gasteiger partial charge is 0.282 e. The van der Waals surface area contributed by atoms with E-state index in [1.54, 1.807) is 0 Å². The second kappa shape index (κ2) is 8.35. The highest BCUT2D eigenvalue weighted by atomic mass is 16.2. The van der Waals surface area contributed by atoms with E-state index in [0.29, 0.717) is 16.8 Å². The molecule has 0 aliphatic carbocycles. The van der Waals surface area contributed by atoms with Crippen molar-refractivity contribution in [3.63, 3.8) is 0 Å². The van der Waals surface area contributed by atoms with E-state index in [9.17, 15) is 9.59 Å². The minimum Gasteiger partial charge on any atom is -0.378 e. The van der Waals surface area contributed by atoms with Crippen molar-refractivity contribution in [3.8, 4) is 0 Å². The van der Waals surface area contributed by atoms with Gasteiger partial charge in [-0.25, -0.2) is 4.90 Å². The molecule has 1 N–H and O–H groups in total. The van der Waals surface area contributed by atoms with E-state index in [0.717, 1.165) is 28.1 Å². The molecule has 3 aromatic rings. The fraction of sp³-hybridized carbons (Fsp3) is 0.185. The van der Waals surface area contributed by atoms with E-state index in [4.69, 9.17) is 0 Å². The highest BCUT2D eigenvalue weighted by Crippen LogP contribution is 2.34. The van der Waals surface area contributed by atoms with Crippen LogP contribution in [0.1, 0.15) is 22.3 Å². The van der Waals surface area contributed by atoms with Gasteiger partial charge in [0.15, 0.2) is 0 Å². The van der Waals surface area contributed by atoms with Crippen LogP contribution in [0.5, 0.6) is 0 Å². The Morgan fingerprint density at radius 3 is 2.00 bits per heavy atom. The molecular weight excluding hydrogens is 398 g/mol. The highest BCUT2D eigenvalue weighted by Gasteiger charge is 2.40. The molecule has 32 heavy (non-hydrogen) atoms. The van der Waals surface area contributed by atoms with Gasteiger partial charge in [0.1, 0.15) is 5.70 Å². The van der Waals surface area contributed by atoms with E-state index in [2.05, 4.69) is 5.32 Å². The Morgan fingerprint density at radius 1 is 0.750 bits per heavy atom. The third kappa shape index (κ3) is 3.89. The van der Waals surface area contributed by atoms with Crippen LogP contribution in [0, 0.1) is 20.8 Å². The summed E-state index contributed by atoms with van der Waals surface area (Å²) in [4.78, 5) is 30.3. The lowest BCUT2D eigenvalue weighted by molar-refractivity contribution is -0.120. The van der Waals surface area contributed by atoms with E-state index >= 15 is 0 Å². The first-order valence-electron chi connectivity index (χ1n) is 10.6. The summed E-state index contributed by atoms with van der Waals surface area (Å²) in [5.74, 6) is -0.681. The quantitative estimate of drug-likeness (QED) is 0.580.